The summed E-state index contributed by atoms with van der Waals surface area (Å²) in [7, 11) is 0. The fraction of sp³-hybridized carbons (Fsp3) is 0.914. The average molecular weight is 568 g/mol. The smallest absolute Gasteiger partial charge is 0.249 e. The van der Waals surface area contributed by atoms with Gasteiger partial charge in [-0.3, -0.25) is 4.79 Å². The summed E-state index contributed by atoms with van der Waals surface area (Å²) in [5.41, 5.74) is 0. The number of rotatable bonds is 31. The molecule has 0 saturated heterocycles. The van der Waals surface area contributed by atoms with Crippen LogP contribution in [0.2, 0.25) is 0 Å². The summed E-state index contributed by atoms with van der Waals surface area (Å²) in [6, 6.07) is -0.789. The number of nitrogens with one attached hydrogen (secondary N) is 1. The van der Waals surface area contributed by atoms with Crippen molar-refractivity contribution in [1.29, 1.82) is 0 Å². The Hall–Kier alpha value is -0.910. The van der Waals surface area contributed by atoms with E-state index in [1.807, 2.05) is 6.08 Å². The van der Waals surface area contributed by atoms with Crippen molar-refractivity contribution >= 4 is 5.91 Å². The zero-order valence-electron chi connectivity index (χ0n) is 26.7. The molecule has 3 atom stereocenters. The molecule has 40 heavy (non-hydrogen) atoms. The Morgan fingerprint density at radius 1 is 0.600 bits per heavy atom. The van der Waals surface area contributed by atoms with Crippen LogP contribution in [0.4, 0.5) is 0 Å². The lowest BCUT2D eigenvalue weighted by Gasteiger charge is -2.21. The first-order chi connectivity index (χ1) is 19.6. The molecule has 0 fully saturated rings. The van der Waals surface area contributed by atoms with Gasteiger partial charge in [0.2, 0.25) is 5.91 Å². The lowest BCUT2D eigenvalue weighted by Crippen LogP contribution is -2.48. The molecule has 5 nitrogen and oxygen atoms in total. The molecule has 0 rings (SSSR count). The Morgan fingerprint density at radius 2 is 0.975 bits per heavy atom. The highest BCUT2D eigenvalue weighted by molar-refractivity contribution is 5.80. The summed E-state index contributed by atoms with van der Waals surface area (Å²) in [4.78, 5) is 12.3. The third kappa shape index (κ3) is 26.0. The largest absolute Gasteiger partial charge is 0.394 e. The van der Waals surface area contributed by atoms with Crippen molar-refractivity contribution < 1.29 is 20.1 Å². The van der Waals surface area contributed by atoms with Gasteiger partial charge in [0, 0.05) is 0 Å². The fourth-order valence-corrected chi connectivity index (χ4v) is 5.30. The van der Waals surface area contributed by atoms with Crippen LogP contribution in [0.5, 0.6) is 0 Å². The van der Waals surface area contributed by atoms with Crippen LogP contribution in [0.25, 0.3) is 0 Å². The van der Waals surface area contributed by atoms with E-state index in [0.717, 1.165) is 32.1 Å². The molecule has 4 N–H and O–H groups in total. The van der Waals surface area contributed by atoms with E-state index in [4.69, 9.17) is 0 Å². The van der Waals surface area contributed by atoms with Gasteiger partial charge in [0.25, 0.3) is 0 Å². The molecule has 0 spiro atoms. The number of aliphatic hydroxyl groups is 3. The zero-order valence-corrected chi connectivity index (χ0v) is 26.7. The Bertz CT molecular complexity index is 554. The molecule has 0 aromatic rings. The quantitative estimate of drug-likeness (QED) is 0.0497. The number of carbonyl (C=O) groups is 1. The van der Waals surface area contributed by atoms with Crippen molar-refractivity contribution in [3.8, 4) is 0 Å². The van der Waals surface area contributed by atoms with Gasteiger partial charge in [-0.25, -0.2) is 0 Å². The van der Waals surface area contributed by atoms with Crippen molar-refractivity contribution in [3.05, 3.63) is 12.2 Å². The van der Waals surface area contributed by atoms with Crippen LogP contribution in [0.1, 0.15) is 181 Å². The van der Waals surface area contributed by atoms with Crippen LogP contribution >= 0.6 is 0 Å². The maximum atomic E-state index is 12.3. The summed E-state index contributed by atoms with van der Waals surface area (Å²) in [6.07, 6.45) is 33.6. The van der Waals surface area contributed by atoms with Gasteiger partial charge in [-0.05, 0) is 19.3 Å². The molecule has 0 radical (unpaired) electrons. The number of carbonyl (C=O) groups excluding carboxylic acids is 1. The second-order valence-corrected chi connectivity index (χ2v) is 12.1. The Balaban J connectivity index is 3.76. The molecular formula is C35H69NO4. The van der Waals surface area contributed by atoms with Crippen molar-refractivity contribution in [3.63, 3.8) is 0 Å². The molecule has 3 unspecified atom stereocenters. The molecule has 5 heteroatoms. The van der Waals surface area contributed by atoms with Gasteiger partial charge in [-0.2, -0.15) is 0 Å². The molecule has 1 amide bonds. The second-order valence-electron chi connectivity index (χ2n) is 12.1. The van der Waals surface area contributed by atoms with Crippen molar-refractivity contribution in [1.82, 2.24) is 5.32 Å². The lowest BCUT2D eigenvalue weighted by molar-refractivity contribution is -0.131. The Kier molecular flexibility index (Phi) is 30.3. The second kappa shape index (κ2) is 31.0. The third-order valence-corrected chi connectivity index (χ3v) is 8.13. The minimum atomic E-state index is -1.09. The van der Waals surface area contributed by atoms with E-state index in [0.29, 0.717) is 6.42 Å². The summed E-state index contributed by atoms with van der Waals surface area (Å²) in [6.45, 7) is 4.15. The first-order valence-corrected chi connectivity index (χ1v) is 17.5. The Morgan fingerprint density at radius 3 is 1.38 bits per heavy atom. The standard InChI is InChI=1S/C35H69NO4/c1-3-5-7-9-11-13-15-17-18-20-21-23-25-27-29-33(38)32(31-37)36-35(40)34(39)30-28-26-24-22-19-16-14-12-10-8-6-4-2/h27,29,32-34,37-39H,3-26,28,30-31H2,1-2H3,(H,36,40)/b29-27+. The van der Waals surface area contributed by atoms with Gasteiger partial charge < -0.3 is 20.6 Å². The van der Waals surface area contributed by atoms with Gasteiger partial charge in [0.15, 0.2) is 0 Å². The van der Waals surface area contributed by atoms with E-state index in [2.05, 4.69) is 19.2 Å². The van der Waals surface area contributed by atoms with Crippen LogP contribution in [0, 0.1) is 0 Å². The number of amides is 1. The molecule has 0 saturated carbocycles. The van der Waals surface area contributed by atoms with Crippen molar-refractivity contribution in [2.75, 3.05) is 6.61 Å². The lowest BCUT2D eigenvalue weighted by atomic mass is 10.0. The predicted molar refractivity (Wildman–Crippen MR) is 172 cm³/mol. The van der Waals surface area contributed by atoms with E-state index >= 15 is 0 Å². The maximum absolute atomic E-state index is 12.3. The van der Waals surface area contributed by atoms with Gasteiger partial charge in [-0.15, -0.1) is 0 Å². The molecule has 0 aliphatic heterocycles. The van der Waals surface area contributed by atoms with Crippen molar-refractivity contribution in [2.45, 2.75) is 199 Å². The summed E-state index contributed by atoms with van der Waals surface area (Å²) >= 11 is 0. The van der Waals surface area contributed by atoms with Gasteiger partial charge in [0.05, 0.1) is 18.8 Å². The topological polar surface area (TPSA) is 89.8 Å². The van der Waals surface area contributed by atoms with Crippen LogP contribution in [-0.4, -0.2) is 46.1 Å². The molecule has 0 aliphatic carbocycles. The van der Waals surface area contributed by atoms with E-state index in [9.17, 15) is 20.1 Å². The minimum absolute atomic E-state index is 0.360. The number of unbranched alkanes of at least 4 members (excludes halogenated alkanes) is 23. The van der Waals surface area contributed by atoms with E-state index in [-0.39, 0.29) is 6.61 Å². The highest BCUT2D eigenvalue weighted by atomic mass is 16.3. The highest BCUT2D eigenvalue weighted by Gasteiger charge is 2.22. The molecule has 0 heterocycles. The van der Waals surface area contributed by atoms with Crippen LogP contribution < -0.4 is 5.32 Å². The number of aliphatic hydroxyl groups excluding tert-OH is 3. The van der Waals surface area contributed by atoms with Crippen LogP contribution in [0.15, 0.2) is 12.2 Å². The minimum Gasteiger partial charge on any atom is -0.394 e. The zero-order chi connectivity index (χ0) is 29.5. The molecule has 238 valence electrons. The third-order valence-electron chi connectivity index (χ3n) is 8.13. The first-order valence-electron chi connectivity index (χ1n) is 17.5. The number of hydrogen-bond acceptors (Lipinski definition) is 4. The van der Waals surface area contributed by atoms with E-state index in [1.165, 1.54) is 128 Å². The van der Waals surface area contributed by atoms with Gasteiger partial charge in [0.1, 0.15) is 6.10 Å². The summed E-state index contributed by atoms with van der Waals surface area (Å²) in [5.74, 6) is -0.504. The fourth-order valence-electron chi connectivity index (χ4n) is 5.30. The molecule has 0 aromatic heterocycles. The maximum Gasteiger partial charge on any atom is 0.249 e. The average Bonchev–Trinajstić information content (AvgIpc) is 2.96. The summed E-state index contributed by atoms with van der Waals surface area (Å²) < 4.78 is 0. The Labute approximate surface area is 249 Å². The molecular weight excluding hydrogens is 498 g/mol. The van der Waals surface area contributed by atoms with E-state index in [1.54, 1.807) is 6.08 Å². The van der Waals surface area contributed by atoms with Gasteiger partial charge in [-0.1, -0.05) is 174 Å². The van der Waals surface area contributed by atoms with Crippen LogP contribution in [0.3, 0.4) is 0 Å². The SMILES string of the molecule is CCCCCCCCCCCCCC/C=C/C(O)C(CO)NC(=O)C(O)CCCCCCCCCCCCCC. The van der Waals surface area contributed by atoms with Gasteiger partial charge >= 0.3 is 0 Å². The van der Waals surface area contributed by atoms with E-state index < -0.39 is 24.2 Å². The first kappa shape index (κ1) is 39.1. The highest BCUT2D eigenvalue weighted by Crippen LogP contribution is 2.14. The summed E-state index contributed by atoms with van der Waals surface area (Å²) in [5, 5.41) is 32.9. The molecule has 0 aliphatic rings. The van der Waals surface area contributed by atoms with Crippen LogP contribution in [-0.2, 0) is 4.79 Å². The number of hydrogen-bond donors (Lipinski definition) is 4. The molecule has 0 aromatic carbocycles. The normalized spacial score (nSPS) is 14.0. The van der Waals surface area contributed by atoms with Crippen molar-refractivity contribution in [2.24, 2.45) is 0 Å². The number of allylic oxidation sites excluding steroid dienone is 1. The predicted octanol–water partition coefficient (Wildman–Crippen LogP) is 8.92. The molecule has 0 bridgehead atoms. The monoisotopic (exact) mass is 568 g/mol.